The van der Waals surface area contributed by atoms with E-state index < -0.39 is 0 Å². The average Bonchev–Trinajstić information content (AvgIpc) is 2.77. The number of anilines is 1. The number of morpholine rings is 1. The number of hydrogen-bond acceptors (Lipinski definition) is 5. The minimum Gasteiger partial charge on any atom is -0.384 e. The van der Waals surface area contributed by atoms with Crippen molar-refractivity contribution >= 4 is 11.7 Å². The second-order valence-corrected chi connectivity index (χ2v) is 7.71. The van der Waals surface area contributed by atoms with Crippen LogP contribution in [-0.4, -0.2) is 40.5 Å². The van der Waals surface area contributed by atoms with Crippen LogP contribution in [0.4, 0.5) is 5.82 Å². The predicted molar refractivity (Wildman–Crippen MR) is 117 cm³/mol. The standard InChI is InChI=1S/C24H26N4O2/c1-16-6-7-18(12-17(16)2)13-24(29)28-10-11-30-22(15-28)21-5-3-4-20(27-21)19-8-9-23(25)26-14-19/h3-9,12,14,22H,10-11,13,15H2,1-2H3,(H2,25,26)/t22-/m1/s1. The fourth-order valence-electron chi connectivity index (χ4n) is 3.60. The Morgan fingerprint density at radius 3 is 2.80 bits per heavy atom. The van der Waals surface area contributed by atoms with Crippen LogP contribution in [0.2, 0.25) is 0 Å². The molecule has 2 N–H and O–H groups in total. The Morgan fingerprint density at radius 1 is 1.17 bits per heavy atom. The van der Waals surface area contributed by atoms with Gasteiger partial charge < -0.3 is 15.4 Å². The molecule has 1 aliphatic rings. The average molecular weight is 402 g/mol. The fourth-order valence-corrected chi connectivity index (χ4v) is 3.60. The van der Waals surface area contributed by atoms with Crippen molar-refractivity contribution in [3.8, 4) is 11.3 Å². The lowest BCUT2D eigenvalue weighted by Crippen LogP contribution is -2.43. The van der Waals surface area contributed by atoms with Crippen LogP contribution >= 0.6 is 0 Å². The number of benzene rings is 1. The summed E-state index contributed by atoms with van der Waals surface area (Å²) in [5, 5.41) is 0. The first-order valence-electron chi connectivity index (χ1n) is 10.1. The number of nitrogens with zero attached hydrogens (tertiary/aromatic N) is 3. The van der Waals surface area contributed by atoms with Crippen LogP contribution in [-0.2, 0) is 16.0 Å². The van der Waals surface area contributed by atoms with Crippen molar-refractivity contribution in [2.75, 3.05) is 25.4 Å². The summed E-state index contributed by atoms with van der Waals surface area (Å²) in [7, 11) is 0. The Kier molecular flexibility index (Phi) is 5.77. The Morgan fingerprint density at radius 2 is 2.03 bits per heavy atom. The highest BCUT2D eigenvalue weighted by Gasteiger charge is 2.26. The maximum Gasteiger partial charge on any atom is 0.227 e. The maximum absolute atomic E-state index is 12.9. The fraction of sp³-hybridized carbons (Fsp3) is 0.292. The molecule has 4 rings (SSSR count). The SMILES string of the molecule is Cc1ccc(CC(=O)N2CCO[C@@H](c3cccc(-c4ccc(N)nc4)n3)C2)cc1C. The van der Waals surface area contributed by atoms with E-state index in [2.05, 4.69) is 31.0 Å². The van der Waals surface area contributed by atoms with E-state index in [-0.39, 0.29) is 12.0 Å². The molecule has 6 nitrogen and oxygen atoms in total. The van der Waals surface area contributed by atoms with Gasteiger partial charge in [0, 0.05) is 18.3 Å². The van der Waals surface area contributed by atoms with Crippen molar-refractivity contribution in [3.05, 3.63) is 77.1 Å². The van der Waals surface area contributed by atoms with Crippen LogP contribution in [0.25, 0.3) is 11.3 Å². The molecule has 0 bridgehead atoms. The van der Waals surface area contributed by atoms with Crippen LogP contribution in [0.5, 0.6) is 0 Å². The van der Waals surface area contributed by atoms with Gasteiger partial charge in [0.05, 0.1) is 31.0 Å². The smallest absolute Gasteiger partial charge is 0.227 e. The number of ether oxygens (including phenoxy) is 1. The van der Waals surface area contributed by atoms with Crippen LogP contribution in [0.15, 0.2) is 54.7 Å². The quantitative estimate of drug-likeness (QED) is 0.722. The molecule has 1 aromatic carbocycles. The molecule has 0 saturated carbocycles. The second-order valence-electron chi connectivity index (χ2n) is 7.71. The third-order valence-electron chi connectivity index (χ3n) is 5.53. The van der Waals surface area contributed by atoms with Gasteiger partial charge in [-0.3, -0.25) is 4.79 Å². The van der Waals surface area contributed by atoms with Gasteiger partial charge in [0.1, 0.15) is 11.9 Å². The van der Waals surface area contributed by atoms with Gasteiger partial charge in [-0.15, -0.1) is 0 Å². The molecule has 0 radical (unpaired) electrons. The first-order chi connectivity index (χ1) is 14.5. The zero-order valence-corrected chi connectivity index (χ0v) is 17.3. The predicted octanol–water partition coefficient (Wildman–Crippen LogP) is 3.49. The lowest BCUT2D eigenvalue weighted by molar-refractivity contribution is -0.138. The molecule has 1 amide bonds. The molecular weight excluding hydrogens is 376 g/mol. The number of hydrogen-bond donors (Lipinski definition) is 1. The third-order valence-corrected chi connectivity index (χ3v) is 5.53. The molecule has 3 heterocycles. The number of aryl methyl sites for hydroxylation is 2. The molecule has 2 aromatic heterocycles. The summed E-state index contributed by atoms with van der Waals surface area (Å²) in [6.45, 7) is 5.75. The molecule has 0 unspecified atom stereocenters. The molecule has 30 heavy (non-hydrogen) atoms. The number of pyridine rings is 2. The Bertz CT molecular complexity index is 1050. The van der Waals surface area contributed by atoms with Gasteiger partial charge in [-0.1, -0.05) is 24.3 Å². The normalized spacial score (nSPS) is 16.5. The number of nitrogens with two attached hydrogens (primary N) is 1. The summed E-state index contributed by atoms with van der Waals surface area (Å²) >= 11 is 0. The lowest BCUT2D eigenvalue weighted by Gasteiger charge is -2.33. The Balaban J connectivity index is 1.47. The molecule has 1 saturated heterocycles. The van der Waals surface area contributed by atoms with Gasteiger partial charge in [0.15, 0.2) is 0 Å². The van der Waals surface area contributed by atoms with E-state index in [1.807, 2.05) is 35.2 Å². The van der Waals surface area contributed by atoms with Gasteiger partial charge in [0.2, 0.25) is 5.91 Å². The van der Waals surface area contributed by atoms with E-state index in [4.69, 9.17) is 15.5 Å². The molecule has 3 aromatic rings. The zero-order chi connectivity index (χ0) is 21.1. The summed E-state index contributed by atoms with van der Waals surface area (Å²) in [6, 6.07) is 15.7. The summed E-state index contributed by atoms with van der Waals surface area (Å²) in [4.78, 5) is 23.7. The van der Waals surface area contributed by atoms with Crippen molar-refractivity contribution in [2.24, 2.45) is 0 Å². The Labute approximate surface area is 176 Å². The van der Waals surface area contributed by atoms with Crippen molar-refractivity contribution in [2.45, 2.75) is 26.4 Å². The number of carbonyl (C=O) groups is 1. The van der Waals surface area contributed by atoms with Crippen LogP contribution in [0, 0.1) is 13.8 Å². The largest absolute Gasteiger partial charge is 0.384 e. The van der Waals surface area contributed by atoms with Crippen molar-refractivity contribution in [1.29, 1.82) is 0 Å². The number of rotatable bonds is 4. The van der Waals surface area contributed by atoms with Gasteiger partial charge in [0.25, 0.3) is 0 Å². The molecule has 1 fully saturated rings. The summed E-state index contributed by atoms with van der Waals surface area (Å²) in [6.07, 6.45) is 1.87. The second kappa shape index (κ2) is 8.63. The topological polar surface area (TPSA) is 81.3 Å². The number of aromatic nitrogens is 2. The molecule has 154 valence electrons. The summed E-state index contributed by atoms with van der Waals surface area (Å²) in [5.41, 5.74) is 11.7. The highest BCUT2D eigenvalue weighted by Crippen LogP contribution is 2.25. The van der Waals surface area contributed by atoms with Crippen LogP contribution in [0.3, 0.4) is 0 Å². The van der Waals surface area contributed by atoms with Gasteiger partial charge >= 0.3 is 0 Å². The van der Waals surface area contributed by atoms with Gasteiger partial charge in [-0.2, -0.15) is 0 Å². The van der Waals surface area contributed by atoms with E-state index in [0.717, 1.165) is 22.5 Å². The van der Waals surface area contributed by atoms with Gasteiger partial charge in [-0.05, 0) is 54.8 Å². The van der Waals surface area contributed by atoms with Crippen molar-refractivity contribution in [3.63, 3.8) is 0 Å². The van der Waals surface area contributed by atoms with E-state index in [1.54, 1.807) is 12.3 Å². The highest BCUT2D eigenvalue weighted by atomic mass is 16.5. The molecular formula is C24H26N4O2. The first-order valence-corrected chi connectivity index (χ1v) is 10.1. The van der Waals surface area contributed by atoms with E-state index in [0.29, 0.717) is 31.9 Å². The minimum atomic E-state index is -0.246. The number of carbonyl (C=O) groups excluding carboxylic acids is 1. The van der Waals surface area contributed by atoms with E-state index in [1.165, 1.54) is 11.1 Å². The monoisotopic (exact) mass is 402 g/mol. The molecule has 0 spiro atoms. The number of amides is 1. The zero-order valence-electron chi connectivity index (χ0n) is 17.3. The Hall–Kier alpha value is -3.25. The van der Waals surface area contributed by atoms with Crippen LogP contribution in [0.1, 0.15) is 28.5 Å². The van der Waals surface area contributed by atoms with Gasteiger partial charge in [-0.25, -0.2) is 9.97 Å². The van der Waals surface area contributed by atoms with Crippen molar-refractivity contribution in [1.82, 2.24) is 14.9 Å². The number of nitrogen functional groups attached to an aromatic ring is 1. The summed E-state index contributed by atoms with van der Waals surface area (Å²) in [5.74, 6) is 0.592. The maximum atomic E-state index is 12.9. The molecule has 6 heteroatoms. The molecule has 1 aliphatic heterocycles. The molecule has 1 atom stereocenters. The van der Waals surface area contributed by atoms with Crippen LogP contribution < -0.4 is 5.73 Å². The van der Waals surface area contributed by atoms with Crippen molar-refractivity contribution < 1.29 is 9.53 Å². The van der Waals surface area contributed by atoms with E-state index in [9.17, 15) is 4.79 Å². The lowest BCUT2D eigenvalue weighted by atomic mass is 10.0. The third kappa shape index (κ3) is 4.49. The summed E-state index contributed by atoms with van der Waals surface area (Å²) < 4.78 is 5.95. The highest BCUT2D eigenvalue weighted by molar-refractivity contribution is 5.79. The van der Waals surface area contributed by atoms with E-state index >= 15 is 0 Å². The molecule has 0 aliphatic carbocycles. The minimum absolute atomic E-state index is 0.116. The first kappa shape index (κ1) is 20.0.